The number of aryl methyl sites for hydroxylation is 2. The highest BCUT2D eigenvalue weighted by Crippen LogP contribution is 2.36. The number of hydrogen-bond donors (Lipinski definition) is 1. The first-order valence-corrected chi connectivity index (χ1v) is 14.8. The van der Waals surface area contributed by atoms with Gasteiger partial charge >= 0.3 is 6.18 Å². The van der Waals surface area contributed by atoms with Gasteiger partial charge in [-0.3, -0.25) is 9.59 Å². The lowest BCUT2D eigenvalue weighted by Crippen LogP contribution is -2.46. The number of rotatable bonds is 5. The third-order valence-corrected chi connectivity index (χ3v) is 8.66. The Labute approximate surface area is 258 Å². The molecule has 6 rings (SSSR count). The highest BCUT2D eigenvalue weighted by molar-refractivity contribution is 9.10. The predicted molar refractivity (Wildman–Crippen MR) is 158 cm³/mol. The van der Waals surface area contributed by atoms with Crippen LogP contribution >= 0.6 is 15.9 Å². The molecule has 230 valence electrons. The van der Waals surface area contributed by atoms with Crippen molar-refractivity contribution in [1.29, 1.82) is 0 Å². The van der Waals surface area contributed by atoms with Crippen LogP contribution < -0.4 is 16.0 Å². The van der Waals surface area contributed by atoms with Crippen LogP contribution in [-0.2, 0) is 19.1 Å². The number of amides is 1. The van der Waals surface area contributed by atoms with Gasteiger partial charge in [0, 0.05) is 39.4 Å². The second-order valence-corrected chi connectivity index (χ2v) is 12.2. The molecule has 1 atom stereocenters. The number of pyridine rings is 1. The summed E-state index contributed by atoms with van der Waals surface area (Å²) >= 11 is 2.92. The number of halogens is 4. The molecule has 0 bridgehead atoms. The average Bonchev–Trinajstić information content (AvgIpc) is 3.29. The Bertz CT molecular complexity index is 1810. The van der Waals surface area contributed by atoms with Crippen LogP contribution in [0.1, 0.15) is 58.3 Å². The number of carbonyl (C=O) groups is 1. The first-order chi connectivity index (χ1) is 20.8. The Morgan fingerprint density at radius 2 is 1.89 bits per heavy atom. The monoisotopic (exact) mass is 671 g/mol. The fourth-order valence-corrected chi connectivity index (χ4v) is 6.08. The zero-order chi connectivity index (χ0) is 31.5. The van der Waals surface area contributed by atoms with Crippen molar-refractivity contribution in [1.82, 2.24) is 29.2 Å². The van der Waals surface area contributed by atoms with Gasteiger partial charge in [-0.15, -0.1) is 0 Å². The number of nitrogens with two attached hydrogens (primary N) is 1. The molecule has 1 aliphatic heterocycles. The molecule has 1 saturated carbocycles. The van der Waals surface area contributed by atoms with Gasteiger partial charge in [-0.25, -0.2) is 19.2 Å². The van der Waals surface area contributed by atoms with Crippen LogP contribution in [0.5, 0.6) is 5.88 Å². The first-order valence-electron chi connectivity index (χ1n) is 14.0. The summed E-state index contributed by atoms with van der Waals surface area (Å²) in [5.74, 6) is 0.0263. The summed E-state index contributed by atoms with van der Waals surface area (Å²) in [5.41, 5.74) is 7.10. The summed E-state index contributed by atoms with van der Waals surface area (Å²) in [6.45, 7) is 5.34. The molecule has 2 N–H and O–H groups in total. The predicted octanol–water partition coefficient (Wildman–Crippen LogP) is 4.67. The topological polar surface area (TPSA) is 121 Å². The van der Waals surface area contributed by atoms with Crippen molar-refractivity contribution in [2.75, 3.05) is 0 Å². The number of fused-ring (bicyclic) bond motifs is 1. The van der Waals surface area contributed by atoms with E-state index < -0.39 is 23.7 Å². The molecule has 1 amide bonds. The van der Waals surface area contributed by atoms with Crippen molar-refractivity contribution in [3.8, 4) is 17.5 Å². The summed E-state index contributed by atoms with van der Waals surface area (Å²) in [6, 6.07) is 8.28. The SMILES string of the molecule is Cc1cc(C)n(-c2nc3c(c(=O)n2-c2ccc(O[C@H]4C[C@H](N)C4)nc2)CC(C)N(C(=O)c2ccc(Br)c(C(F)(F)F)c2)C3)n1. The number of benzene rings is 1. The molecule has 44 heavy (non-hydrogen) atoms. The molecule has 2 aliphatic rings. The van der Waals surface area contributed by atoms with Crippen molar-refractivity contribution < 1.29 is 22.7 Å². The van der Waals surface area contributed by atoms with E-state index in [4.69, 9.17) is 15.5 Å². The molecular weight excluding hydrogens is 643 g/mol. The largest absolute Gasteiger partial charge is 0.474 e. The van der Waals surface area contributed by atoms with E-state index >= 15 is 0 Å². The third-order valence-electron chi connectivity index (χ3n) is 7.97. The summed E-state index contributed by atoms with van der Waals surface area (Å²) < 4.78 is 49.4. The normalized spacial score (nSPS) is 19.8. The van der Waals surface area contributed by atoms with Gasteiger partial charge in [0.1, 0.15) is 6.10 Å². The molecule has 0 radical (unpaired) electrons. The Morgan fingerprint density at radius 3 is 2.50 bits per heavy atom. The number of aromatic nitrogens is 5. The van der Waals surface area contributed by atoms with Gasteiger partial charge in [0.2, 0.25) is 11.8 Å². The van der Waals surface area contributed by atoms with E-state index in [-0.39, 0.29) is 46.7 Å². The van der Waals surface area contributed by atoms with E-state index in [1.54, 1.807) is 23.7 Å². The fraction of sp³-hybridized carbons (Fsp3) is 0.367. The van der Waals surface area contributed by atoms with Gasteiger partial charge in [-0.1, -0.05) is 15.9 Å². The summed E-state index contributed by atoms with van der Waals surface area (Å²) in [5, 5.41) is 4.54. The highest BCUT2D eigenvalue weighted by atomic mass is 79.9. The molecular formula is C30H29BrF3N7O3. The second kappa shape index (κ2) is 11.1. The van der Waals surface area contributed by atoms with Crippen LogP contribution in [0.25, 0.3) is 11.6 Å². The van der Waals surface area contributed by atoms with Gasteiger partial charge in [0.25, 0.3) is 11.5 Å². The standard InChI is InChI=1S/C30H29BrF3N7O3/c1-15-8-17(3)41(38-15)29-37-25-14-39(27(42)18-4-6-24(31)23(10-18)30(32,33)34)16(2)9-22(25)28(43)40(29)20-5-7-26(36-13-20)44-21-11-19(35)12-21/h4-8,10,13,16,19,21H,9,11-12,14,35H2,1-3H3/t16?,19-,21-. The molecule has 4 aromatic rings. The lowest BCUT2D eigenvalue weighted by atomic mass is 9.90. The maximum atomic E-state index is 14.1. The van der Waals surface area contributed by atoms with E-state index in [0.717, 1.165) is 24.6 Å². The van der Waals surface area contributed by atoms with Crippen molar-refractivity contribution >= 4 is 21.8 Å². The van der Waals surface area contributed by atoms with Crippen molar-refractivity contribution in [3.63, 3.8) is 0 Å². The summed E-state index contributed by atoms with van der Waals surface area (Å²) in [7, 11) is 0. The van der Waals surface area contributed by atoms with E-state index in [0.29, 0.717) is 28.5 Å². The van der Waals surface area contributed by atoms with Crippen LogP contribution in [0.2, 0.25) is 0 Å². The zero-order valence-electron chi connectivity index (χ0n) is 24.1. The van der Waals surface area contributed by atoms with Gasteiger partial charge in [-0.2, -0.15) is 18.3 Å². The number of alkyl halides is 3. The van der Waals surface area contributed by atoms with Crippen LogP contribution in [0.4, 0.5) is 13.2 Å². The minimum atomic E-state index is -4.64. The number of carbonyl (C=O) groups excluding carboxylic acids is 1. The number of nitrogens with zero attached hydrogens (tertiary/aromatic N) is 6. The van der Waals surface area contributed by atoms with Crippen LogP contribution in [0.15, 0.2) is 51.9 Å². The third kappa shape index (κ3) is 5.52. The van der Waals surface area contributed by atoms with Crippen molar-refractivity contribution in [2.45, 2.75) is 70.9 Å². The quantitative estimate of drug-likeness (QED) is 0.327. The average molecular weight is 673 g/mol. The fourth-order valence-electron chi connectivity index (χ4n) is 5.61. The molecule has 1 unspecified atom stereocenters. The molecule has 1 aliphatic carbocycles. The van der Waals surface area contributed by atoms with Gasteiger partial charge in [0.15, 0.2) is 0 Å². The Hall–Kier alpha value is -4.04. The molecule has 4 heterocycles. The second-order valence-electron chi connectivity index (χ2n) is 11.3. The molecule has 0 saturated heterocycles. The number of hydrogen-bond acceptors (Lipinski definition) is 7. The van der Waals surface area contributed by atoms with Crippen molar-refractivity contribution in [3.05, 3.63) is 91.2 Å². The lowest BCUT2D eigenvalue weighted by Gasteiger charge is -2.34. The zero-order valence-corrected chi connectivity index (χ0v) is 25.7. The molecule has 10 nitrogen and oxygen atoms in total. The lowest BCUT2D eigenvalue weighted by molar-refractivity contribution is -0.138. The molecule has 3 aromatic heterocycles. The Morgan fingerprint density at radius 1 is 1.14 bits per heavy atom. The van der Waals surface area contributed by atoms with Crippen molar-refractivity contribution in [2.24, 2.45) is 5.73 Å². The minimum absolute atomic E-state index is 0.00588. The maximum Gasteiger partial charge on any atom is 0.417 e. The van der Waals surface area contributed by atoms with Gasteiger partial charge in [-0.05, 0) is 70.4 Å². The smallest absolute Gasteiger partial charge is 0.417 e. The van der Waals surface area contributed by atoms with E-state index in [1.807, 2.05) is 19.9 Å². The Kier molecular flexibility index (Phi) is 7.60. The molecule has 1 fully saturated rings. The maximum absolute atomic E-state index is 14.1. The van der Waals surface area contributed by atoms with E-state index in [9.17, 15) is 22.8 Å². The number of ether oxygens (including phenoxy) is 1. The van der Waals surface area contributed by atoms with Crippen LogP contribution in [0.3, 0.4) is 0 Å². The van der Waals surface area contributed by atoms with Crippen LogP contribution in [0, 0.1) is 13.8 Å². The van der Waals surface area contributed by atoms with Gasteiger partial charge in [0.05, 0.1) is 35.4 Å². The summed E-state index contributed by atoms with van der Waals surface area (Å²) in [4.78, 5) is 38.4. The van der Waals surface area contributed by atoms with Crippen LogP contribution in [-0.4, -0.2) is 53.3 Å². The van der Waals surface area contributed by atoms with Gasteiger partial charge < -0.3 is 15.4 Å². The van der Waals surface area contributed by atoms with E-state index in [1.165, 1.54) is 27.8 Å². The molecule has 0 spiro atoms. The highest BCUT2D eigenvalue weighted by Gasteiger charge is 2.36. The first kappa shape index (κ1) is 30.0. The minimum Gasteiger partial charge on any atom is -0.474 e. The Balaban J connectivity index is 1.39. The van der Waals surface area contributed by atoms with E-state index in [2.05, 4.69) is 26.0 Å². The molecule has 14 heteroatoms. The molecule has 1 aromatic carbocycles. The summed E-state index contributed by atoms with van der Waals surface area (Å²) in [6.07, 6.45) is -1.44.